The van der Waals surface area contributed by atoms with Crippen LogP contribution < -0.4 is 15.2 Å². The zero-order valence-electron chi connectivity index (χ0n) is 27.2. The Bertz CT molecular complexity index is 2050. The van der Waals surface area contributed by atoms with Crippen LogP contribution in [0, 0.1) is 11.3 Å². The summed E-state index contributed by atoms with van der Waals surface area (Å²) in [4.78, 5) is 22.6. The van der Waals surface area contributed by atoms with Crippen LogP contribution in [-0.2, 0) is 36.0 Å². The van der Waals surface area contributed by atoms with E-state index in [0.29, 0.717) is 34.0 Å². The van der Waals surface area contributed by atoms with Crippen LogP contribution >= 0.6 is 0 Å². The van der Waals surface area contributed by atoms with Crippen LogP contribution in [0.15, 0.2) is 122 Å². The molecule has 1 amide bonds. The van der Waals surface area contributed by atoms with Gasteiger partial charge in [-0.05, 0) is 59.7 Å². The molecule has 0 saturated carbocycles. The van der Waals surface area contributed by atoms with E-state index in [1.807, 2.05) is 72.8 Å². The molecule has 252 valence electrons. The molecular formula is C38H34N6O6. The molecule has 2 aromatic heterocycles. The summed E-state index contributed by atoms with van der Waals surface area (Å²) < 4.78 is 19.9. The number of nitrogens with zero attached hydrogens (tertiary/aromatic N) is 5. The van der Waals surface area contributed by atoms with Crippen LogP contribution in [0.4, 0.5) is 0 Å². The Morgan fingerprint density at radius 1 is 0.720 bits per heavy atom. The summed E-state index contributed by atoms with van der Waals surface area (Å²) in [7, 11) is 0. The highest BCUT2D eigenvalue weighted by Gasteiger charge is 2.17. The second-order valence-corrected chi connectivity index (χ2v) is 10.8. The van der Waals surface area contributed by atoms with Gasteiger partial charge in [-0.3, -0.25) is 9.59 Å². The molecule has 0 aliphatic carbocycles. The minimum absolute atomic E-state index is 0.000359. The quantitative estimate of drug-likeness (QED) is 0.161. The van der Waals surface area contributed by atoms with E-state index in [-0.39, 0.29) is 32.4 Å². The third-order valence-electron chi connectivity index (χ3n) is 7.35. The number of ether oxygens (including phenoxy) is 3. The Labute approximate surface area is 288 Å². The average molecular weight is 671 g/mol. The maximum Gasteiger partial charge on any atom is 0.302 e. The fourth-order valence-corrected chi connectivity index (χ4v) is 4.77. The highest BCUT2D eigenvalue weighted by molar-refractivity contribution is 5.93. The number of amides is 1. The fraction of sp³-hybridized carbons (Fsp3) is 0.132. The monoisotopic (exact) mass is 670 g/mol. The van der Waals surface area contributed by atoms with Gasteiger partial charge in [-0.2, -0.15) is 15.5 Å². The molecule has 0 unspecified atom stereocenters. The van der Waals surface area contributed by atoms with Crippen molar-refractivity contribution in [3.8, 4) is 28.9 Å². The highest BCUT2D eigenvalue weighted by Crippen LogP contribution is 2.21. The van der Waals surface area contributed by atoms with Crippen LogP contribution in [0.25, 0.3) is 11.4 Å². The standard InChI is InChI=1S/C20H19N3O4.C18H15N3O2/c1-14(24)26-12-15-7-9-17(10-8-15)27-13-19-18(20(21)25)11-22-23(19)16-5-3-2-4-6-16;19-10-15-11-20-21(16-4-2-1-3-5-16)18(15)13-23-17-8-6-14(12-22)7-9-17/h2-11H,12-13H2,1H3,(H2,21,25);1-9,11,22H,12-13H2. The molecule has 0 bridgehead atoms. The zero-order chi connectivity index (χ0) is 35.3. The maximum absolute atomic E-state index is 11.7. The average Bonchev–Trinajstić information content (AvgIpc) is 3.78. The van der Waals surface area contributed by atoms with E-state index in [4.69, 9.17) is 25.1 Å². The van der Waals surface area contributed by atoms with E-state index in [0.717, 1.165) is 22.5 Å². The number of benzene rings is 4. The zero-order valence-corrected chi connectivity index (χ0v) is 27.2. The van der Waals surface area contributed by atoms with Gasteiger partial charge >= 0.3 is 5.97 Å². The van der Waals surface area contributed by atoms with Gasteiger partial charge in [0.2, 0.25) is 0 Å². The molecule has 6 aromatic rings. The van der Waals surface area contributed by atoms with E-state index < -0.39 is 5.91 Å². The number of nitrogens with two attached hydrogens (primary N) is 1. The first-order valence-corrected chi connectivity index (χ1v) is 15.5. The number of nitriles is 1. The first kappa shape index (κ1) is 34.6. The summed E-state index contributed by atoms with van der Waals surface area (Å²) in [6.45, 7) is 1.93. The van der Waals surface area contributed by atoms with Crippen LogP contribution in [-0.4, -0.2) is 36.5 Å². The van der Waals surface area contributed by atoms with Crippen LogP contribution in [0.3, 0.4) is 0 Å². The topological polar surface area (TPSA) is 168 Å². The minimum Gasteiger partial charge on any atom is -0.487 e. The number of carbonyl (C=O) groups excluding carboxylic acids is 2. The van der Waals surface area contributed by atoms with Crippen LogP contribution in [0.1, 0.15) is 45.4 Å². The number of hydrogen-bond donors (Lipinski definition) is 2. The van der Waals surface area contributed by atoms with Gasteiger partial charge < -0.3 is 25.1 Å². The number of aliphatic hydroxyl groups is 1. The van der Waals surface area contributed by atoms with E-state index in [1.165, 1.54) is 13.1 Å². The summed E-state index contributed by atoms with van der Waals surface area (Å²) in [5.74, 6) is 0.390. The third kappa shape index (κ3) is 9.00. The maximum atomic E-state index is 11.7. The van der Waals surface area contributed by atoms with Gasteiger partial charge in [0.25, 0.3) is 5.91 Å². The number of rotatable bonds is 12. The second kappa shape index (κ2) is 16.9. The lowest BCUT2D eigenvalue weighted by Gasteiger charge is -2.11. The number of carbonyl (C=O) groups is 2. The molecule has 0 aliphatic heterocycles. The van der Waals surface area contributed by atoms with Crippen molar-refractivity contribution < 1.29 is 28.9 Å². The molecule has 0 aliphatic rings. The van der Waals surface area contributed by atoms with Gasteiger partial charge in [0.1, 0.15) is 37.4 Å². The molecule has 2 heterocycles. The van der Waals surface area contributed by atoms with Crippen molar-refractivity contribution in [3.05, 3.63) is 155 Å². The third-order valence-corrected chi connectivity index (χ3v) is 7.35. The Kier molecular flexibility index (Phi) is 11.7. The Morgan fingerprint density at radius 2 is 1.22 bits per heavy atom. The van der Waals surface area contributed by atoms with Gasteiger partial charge in [0.15, 0.2) is 0 Å². The minimum atomic E-state index is -0.562. The summed E-state index contributed by atoms with van der Waals surface area (Å²) in [6, 6.07) is 35.5. The molecular weight excluding hydrogens is 636 g/mol. The number of primary amides is 1. The van der Waals surface area contributed by atoms with Gasteiger partial charge in [-0.25, -0.2) is 9.36 Å². The number of aliphatic hydroxyl groups excluding tert-OH is 1. The van der Waals surface area contributed by atoms with Crippen molar-refractivity contribution in [1.82, 2.24) is 19.6 Å². The summed E-state index contributed by atoms with van der Waals surface area (Å²) >= 11 is 0. The predicted molar refractivity (Wildman–Crippen MR) is 183 cm³/mol. The van der Waals surface area contributed by atoms with Crippen molar-refractivity contribution in [2.45, 2.75) is 33.4 Å². The fourth-order valence-electron chi connectivity index (χ4n) is 4.77. The molecule has 12 heteroatoms. The van der Waals surface area contributed by atoms with Crippen molar-refractivity contribution in [2.24, 2.45) is 5.73 Å². The lowest BCUT2D eigenvalue weighted by molar-refractivity contribution is -0.142. The second-order valence-electron chi connectivity index (χ2n) is 10.8. The number of aromatic nitrogens is 4. The molecule has 6 rings (SSSR count). The highest BCUT2D eigenvalue weighted by atomic mass is 16.5. The summed E-state index contributed by atoms with van der Waals surface area (Å²) in [5, 5.41) is 26.8. The smallest absolute Gasteiger partial charge is 0.302 e. The van der Waals surface area contributed by atoms with Crippen molar-refractivity contribution in [2.75, 3.05) is 0 Å². The summed E-state index contributed by atoms with van der Waals surface area (Å²) in [5.41, 5.74) is 10.9. The molecule has 0 radical (unpaired) electrons. The van der Waals surface area contributed by atoms with Crippen molar-refractivity contribution in [3.63, 3.8) is 0 Å². The summed E-state index contributed by atoms with van der Waals surface area (Å²) in [6.07, 6.45) is 2.98. The van der Waals surface area contributed by atoms with E-state index in [9.17, 15) is 14.9 Å². The van der Waals surface area contributed by atoms with Gasteiger partial charge in [0, 0.05) is 6.92 Å². The molecule has 12 nitrogen and oxygen atoms in total. The van der Waals surface area contributed by atoms with Gasteiger partial charge in [0.05, 0.1) is 52.9 Å². The van der Waals surface area contributed by atoms with E-state index >= 15 is 0 Å². The Hall–Kier alpha value is -6.71. The number of para-hydroxylation sites is 2. The molecule has 0 saturated heterocycles. The SMILES string of the molecule is CC(=O)OCc1ccc(OCc2c(C(N)=O)cnn2-c2ccccc2)cc1.N#Cc1cnn(-c2ccccc2)c1COc1ccc(CO)cc1. The molecule has 0 atom stereocenters. The number of esters is 1. The van der Waals surface area contributed by atoms with E-state index in [2.05, 4.69) is 16.3 Å². The van der Waals surface area contributed by atoms with E-state index in [1.54, 1.807) is 52.0 Å². The Balaban J connectivity index is 0.000000197. The van der Waals surface area contributed by atoms with Gasteiger partial charge in [-0.15, -0.1) is 0 Å². The molecule has 50 heavy (non-hydrogen) atoms. The number of hydrogen-bond acceptors (Lipinski definition) is 9. The van der Waals surface area contributed by atoms with Crippen LogP contribution in [0.5, 0.6) is 11.5 Å². The lowest BCUT2D eigenvalue weighted by atomic mass is 10.2. The predicted octanol–water partition coefficient (Wildman–Crippen LogP) is 5.43. The lowest BCUT2D eigenvalue weighted by Crippen LogP contribution is -2.15. The van der Waals surface area contributed by atoms with Gasteiger partial charge in [-0.1, -0.05) is 60.7 Å². The molecule has 4 aromatic carbocycles. The molecule has 3 N–H and O–H groups in total. The molecule has 0 fully saturated rings. The first-order valence-electron chi connectivity index (χ1n) is 15.5. The Morgan fingerprint density at radius 3 is 1.72 bits per heavy atom. The largest absolute Gasteiger partial charge is 0.487 e. The van der Waals surface area contributed by atoms with Crippen LogP contribution in [0.2, 0.25) is 0 Å². The molecule has 0 spiro atoms. The first-order chi connectivity index (χ1) is 24.4. The van der Waals surface area contributed by atoms with Crippen molar-refractivity contribution >= 4 is 11.9 Å². The normalized spacial score (nSPS) is 10.3. The van der Waals surface area contributed by atoms with Crippen molar-refractivity contribution in [1.29, 1.82) is 5.26 Å².